The maximum absolute atomic E-state index is 12.1. The molecular formula is C16H21N3O2. The van der Waals surface area contributed by atoms with Gasteiger partial charge in [-0.1, -0.05) is 19.1 Å². The summed E-state index contributed by atoms with van der Waals surface area (Å²) in [6, 6.07) is 9.57. The monoisotopic (exact) mass is 287 g/mol. The Morgan fingerprint density at radius 1 is 1.29 bits per heavy atom. The Kier molecular flexibility index (Phi) is 5.11. The van der Waals surface area contributed by atoms with Gasteiger partial charge in [-0.05, 0) is 31.7 Å². The number of aromatic nitrogens is 2. The second-order valence-electron chi connectivity index (χ2n) is 4.69. The number of ether oxygens (including phenoxy) is 1. The maximum Gasteiger partial charge on any atom is 0.271 e. The number of nitrogens with one attached hydrogen (secondary N) is 1. The molecule has 1 N–H and O–H groups in total. The van der Waals surface area contributed by atoms with Crippen molar-refractivity contribution in [2.45, 2.75) is 20.4 Å². The first-order valence-corrected chi connectivity index (χ1v) is 7.17. The molecule has 1 aromatic heterocycles. The molecule has 0 saturated carbocycles. The standard InChI is InChI=1S/C16H21N3O2/c1-4-17-11-12-10-14(18-19(3)16(12)20)13-8-6-7-9-15(13)21-5-2/h6-10,17H,4-5,11H2,1-3H3. The highest BCUT2D eigenvalue weighted by Gasteiger charge is 2.11. The van der Waals surface area contributed by atoms with Crippen molar-refractivity contribution in [3.8, 4) is 17.0 Å². The Morgan fingerprint density at radius 3 is 2.76 bits per heavy atom. The largest absolute Gasteiger partial charge is 0.493 e. The molecule has 1 aromatic carbocycles. The summed E-state index contributed by atoms with van der Waals surface area (Å²) in [7, 11) is 1.67. The molecule has 0 fully saturated rings. The predicted molar refractivity (Wildman–Crippen MR) is 83.5 cm³/mol. The highest BCUT2D eigenvalue weighted by Crippen LogP contribution is 2.28. The van der Waals surface area contributed by atoms with Gasteiger partial charge in [0, 0.05) is 24.7 Å². The number of nitrogens with zero attached hydrogens (tertiary/aromatic N) is 2. The van der Waals surface area contributed by atoms with Crippen LogP contribution in [0.2, 0.25) is 0 Å². The van der Waals surface area contributed by atoms with Gasteiger partial charge in [-0.25, -0.2) is 4.68 Å². The van der Waals surface area contributed by atoms with Crippen LogP contribution < -0.4 is 15.6 Å². The molecule has 5 heteroatoms. The van der Waals surface area contributed by atoms with E-state index in [0.717, 1.165) is 23.6 Å². The summed E-state index contributed by atoms with van der Waals surface area (Å²) in [6.45, 7) is 5.90. The Balaban J connectivity index is 2.49. The SMILES string of the molecule is CCNCc1cc(-c2ccccc2OCC)nn(C)c1=O. The number of hydrogen-bond donors (Lipinski definition) is 1. The molecule has 112 valence electrons. The van der Waals surface area contributed by atoms with Crippen molar-refractivity contribution in [3.63, 3.8) is 0 Å². The molecule has 1 heterocycles. The second kappa shape index (κ2) is 7.04. The van der Waals surface area contributed by atoms with Crippen molar-refractivity contribution in [3.05, 3.63) is 46.2 Å². The average molecular weight is 287 g/mol. The van der Waals surface area contributed by atoms with E-state index in [2.05, 4.69) is 10.4 Å². The fourth-order valence-electron chi connectivity index (χ4n) is 2.15. The molecule has 0 aliphatic carbocycles. The number of hydrogen-bond acceptors (Lipinski definition) is 4. The molecule has 2 rings (SSSR count). The van der Waals surface area contributed by atoms with Gasteiger partial charge in [0.15, 0.2) is 0 Å². The Labute approximate surface area is 124 Å². The molecule has 0 spiro atoms. The third kappa shape index (κ3) is 3.49. The molecule has 5 nitrogen and oxygen atoms in total. The van der Waals surface area contributed by atoms with Gasteiger partial charge in [0.1, 0.15) is 5.75 Å². The minimum Gasteiger partial charge on any atom is -0.493 e. The first-order valence-electron chi connectivity index (χ1n) is 7.17. The van der Waals surface area contributed by atoms with Crippen molar-refractivity contribution in [2.24, 2.45) is 7.05 Å². The topological polar surface area (TPSA) is 56.1 Å². The lowest BCUT2D eigenvalue weighted by molar-refractivity contribution is 0.341. The molecule has 21 heavy (non-hydrogen) atoms. The van der Waals surface area contributed by atoms with Gasteiger partial charge in [-0.15, -0.1) is 0 Å². The Morgan fingerprint density at radius 2 is 2.05 bits per heavy atom. The van der Waals surface area contributed by atoms with Crippen LogP contribution in [0.1, 0.15) is 19.4 Å². The van der Waals surface area contributed by atoms with Crippen LogP contribution in [0.5, 0.6) is 5.75 Å². The quantitative estimate of drug-likeness (QED) is 0.882. The van der Waals surface area contributed by atoms with Gasteiger partial charge in [-0.3, -0.25) is 4.79 Å². The summed E-state index contributed by atoms with van der Waals surface area (Å²) in [5, 5.41) is 7.53. The third-order valence-electron chi connectivity index (χ3n) is 3.17. The highest BCUT2D eigenvalue weighted by atomic mass is 16.5. The van der Waals surface area contributed by atoms with Crippen molar-refractivity contribution < 1.29 is 4.74 Å². The van der Waals surface area contributed by atoms with Crippen molar-refractivity contribution in [1.29, 1.82) is 0 Å². The van der Waals surface area contributed by atoms with E-state index in [1.54, 1.807) is 7.05 Å². The molecule has 0 aliphatic rings. The van der Waals surface area contributed by atoms with Gasteiger partial charge in [0.25, 0.3) is 5.56 Å². The summed E-state index contributed by atoms with van der Waals surface area (Å²) in [5.41, 5.74) is 2.27. The van der Waals surface area contributed by atoms with Gasteiger partial charge in [0.2, 0.25) is 0 Å². The maximum atomic E-state index is 12.1. The van der Waals surface area contributed by atoms with Crippen LogP contribution in [-0.2, 0) is 13.6 Å². The molecule has 0 saturated heterocycles. The molecule has 2 aromatic rings. The van der Waals surface area contributed by atoms with E-state index in [0.29, 0.717) is 18.7 Å². The molecule has 0 atom stereocenters. The smallest absolute Gasteiger partial charge is 0.271 e. The molecule has 0 aliphatic heterocycles. The van der Waals surface area contributed by atoms with Crippen LogP contribution in [0.15, 0.2) is 35.1 Å². The van der Waals surface area contributed by atoms with Crippen molar-refractivity contribution in [1.82, 2.24) is 15.1 Å². The Hall–Kier alpha value is -2.14. The number of para-hydroxylation sites is 1. The van der Waals surface area contributed by atoms with Crippen molar-refractivity contribution in [2.75, 3.05) is 13.2 Å². The fraction of sp³-hybridized carbons (Fsp3) is 0.375. The van der Waals surface area contributed by atoms with Gasteiger partial charge < -0.3 is 10.1 Å². The molecule has 0 amide bonds. The summed E-state index contributed by atoms with van der Waals surface area (Å²) < 4.78 is 7.02. The van der Waals surface area contributed by atoms with E-state index < -0.39 is 0 Å². The summed E-state index contributed by atoms with van der Waals surface area (Å²) in [6.07, 6.45) is 0. The number of benzene rings is 1. The molecule has 0 bridgehead atoms. The molecule has 0 unspecified atom stereocenters. The van der Waals surface area contributed by atoms with E-state index in [9.17, 15) is 4.79 Å². The van der Waals surface area contributed by atoms with Crippen LogP contribution in [0, 0.1) is 0 Å². The van der Waals surface area contributed by atoms with E-state index in [-0.39, 0.29) is 5.56 Å². The average Bonchev–Trinajstić information content (AvgIpc) is 2.49. The number of aryl methyl sites for hydroxylation is 1. The lowest BCUT2D eigenvalue weighted by atomic mass is 10.1. The normalized spacial score (nSPS) is 10.6. The van der Waals surface area contributed by atoms with Crippen LogP contribution in [0.25, 0.3) is 11.3 Å². The first-order chi connectivity index (χ1) is 10.2. The molecule has 0 radical (unpaired) electrons. The highest BCUT2D eigenvalue weighted by molar-refractivity contribution is 5.67. The summed E-state index contributed by atoms with van der Waals surface area (Å²) in [5.74, 6) is 0.778. The van der Waals surface area contributed by atoms with Gasteiger partial charge in [-0.2, -0.15) is 5.10 Å². The minimum absolute atomic E-state index is 0.0754. The van der Waals surface area contributed by atoms with E-state index in [1.165, 1.54) is 4.68 Å². The summed E-state index contributed by atoms with van der Waals surface area (Å²) in [4.78, 5) is 12.1. The lowest BCUT2D eigenvalue weighted by Gasteiger charge is -2.12. The minimum atomic E-state index is -0.0754. The van der Waals surface area contributed by atoms with Crippen molar-refractivity contribution >= 4 is 0 Å². The van der Waals surface area contributed by atoms with Crippen LogP contribution >= 0.6 is 0 Å². The predicted octanol–water partition coefficient (Wildman–Crippen LogP) is 1.96. The fourth-order valence-corrected chi connectivity index (χ4v) is 2.15. The zero-order valence-electron chi connectivity index (χ0n) is 12.7. The molecular weight excluding hydrogens is 266 g/mol. The number of rotatable bonds is 6. The van der Waals surface area contributed by atoms with Crippen LogP contribution in [0.4, 0.5) is 0 Å². The van der Waals surface area contributed by atoms with E-state index >= 15 is 0 Å². The van der Waals surface area contributed by atoms with Gasteiger partial charge >= 0.3 is 0 Å². The van der Waals surface area contributed by atoms with Gasteiger partial charge in [0.05, 0.1) is 12.3 Å². The zero-order chi connectivity index (χ0) is 15.2. The third-order valence-corrected chi connectivity index (χ3v) is 3.17. The summed E-state index contributed by atoms with van der Waals surface area (Å²) >= 11 is 0. The second-order valence-corrected chi connectivity index (χ2v) is 4.69. The van der Waals surface area contributed by atoms with Crippen LogP contribution in [0.3, 0.4) is 0 Å². The lowest BCUT2D eigenvalue weighted by Crippen LogP contribution is -2.27. The van der Waals surface area contributed by atoms with Crippen LogP contribution in [-0.4, -0.2) is 22.9 Å². The zero-order valence-corrected chi connectivity index (χ0v) is 12.7. The van der Waals surface area contributed by atoms with E-state index in [1.807, 2.05) is 44.2 Å². The first kappa shape index (κ1) is 15.3. The Bertz CT molecular complexity index is 665. The van der Waals surface area contributed by atoms with E-state index in [4.69, 9.17) is 4.74 Å².